The highest BCUT2D eigenvalue weighted by Crippen LogP contribution is 2.26. The molecule has 0 aromatic carbocycles. The molecule has 77 heavy (non-hydrogen) atoms. The van der Waals surface area contributed by atoms with Crippen LogP contribution in [-0.4, -0.2) is 232 Å². The van der Waals surface area contributed by atoms with Crippen LogP contribution in [0.4, 0.5) is 9.59 Å². The van der Waals surface area contributed by atoms with Crippen molar-refractivity contribution in [3.05, 3.63) is 0 Å². The summed E-state index contributed by atoms with van der Waals surface area (Å²) in [7, 11) is 15.3. The fraction of sp³-hybridized carbons (Fsp3) is 0.815. The van der Waals surface area contributed by atoms with Crippen molar-refractivity contribution in [1.29, 1.82) is 0 Å². The van der Waals surface area contributed by atoms with Crippen LogP contribution in [-0.2, 0) is 47.8 Å². The van der Waals surface area contributed by atoms with Gasteiger partial charge in [-0.15, -0.1) is 0 Å². The van der Waals surface area contributed by atoms with E-state index in [-0.39, 0.29) is 61.9 Å². The van der Waals surface area contributed by atoms with E-state index in [9.17, 15) is 47.9 Å². The standard InChI is InChI=1S/C54H101N11O12/c1-24-26-41(66)60(17)40(32-77-28-25-27-59(15)16)49(72)63(20)39(31-54(12,13)76-23)44(67)57-43(53(9,10)11)50(73)65(22)52(75)58-51(74)56-36(8)46(69)61(18)37(29-33(2)3)47(70)62(19)38(30-34(4)5)48(71)64(21)42(35(6)7)45(68)55-14/h33-40,42-43H,24-32H2,1-23H3,(H,55,68)(H,57,67)(H2,56,58,74,75)/t36-,37+,38+,39+,40-,42+,43+/m1/s1. The molecule has 7 atom stereocenters. The number of amides is 12. The molecule has 444 valence electrons. The van der Waals surface area contributed by atoms with Gasteiger partial charge in [-0.2, -0.15) is 0 Å². The lowest BCUT2D eigenvalue weighted by atomic mass is 9.85. The van der Waals surface area contributed by atoms with Crippen LogP contribution >= 0.6 is 0 Å². The highest BCUT2D eigenvalue weighted by molar-refractivity contribution is 6.05. The van der Waals surface area contributed by atoms with Gasteiger partial charge in [0.05, 0.1) is 12.2 Å². The van der Waals surface area contributed by atoms with Gasteiger partial charge in [-0.3, -0.25) is 48.6 Å². The Morgan fingerprint density at radius 1 is 0.584 bits per heavy atom. The number of likely N-dealkylation sites (N-methyl/N-ethyl adjacent to an activating group) is 7. The fourth-order valence-electron chi connectivity index (χ4n) is 8.63. The normalized spacial score (nSPS) is 14.6. The number of nitrogens with zero attached hydrogens (tertiary/aromatic N) is 7. The summed E-state index contributed by atoms with van der Waals surface area (Å²) in [5, 5.41) is 9.85. The minimum atomic E-state index is -1.40. The van der Waals surface area contributed by atoms with Gasteiger partial charge in [-0.25, -0.2) is 9.59 Å². The lowest BCUT2D eigenvalue weighted by molar-refractivity contribution is -0.153. The van der Waals surface area contributed by atoms with Gasteiger partial charge >= 0.3 is 12.1 Å². The van der Waals surface area contributed by atoms with Gasteiger partial charge in [0.25, 0.3) is 5.91 Å². The quantitative estimate of drug-likeness (QED) is 0.0756. The van der Waals surface area contributed by atoms with Crippen molar-refractivity contribution in [2.24, 2.45) is 23.2 Å². The minimum absolute atomic E-state index is 0.0363. The molecule has 0 saturated heterocycles. The van der Waals surface area contributed by atoms with Gasteiger partial charge < -0.3 is 54.8 Å². The largest absolute Gasteiger partial charge is 0.379 e. The second-order valence-corrected chi connectivity index (χ2v) is 23.4. The van der Waals surface area contributed by atoms with Crippen LogP contribution in [0, 0.1) is 23.2 Å². The van der Waals surface area contributed by atoms with Gasteiger partial charge in [-0.1, -0.05) is 69.2 Å². The lowest BCUT2D eigenvalue weighted by Gasteiger charge is -2.39. The van der Waals surface area contributed by atoms with Crippen molar-refractivity contribution in [3.63, 3.8) is 0 Å². The first-order valence-corrected chi connectivity index (χ1v) is 26.9. The third-order valence-corrected chi connectivity index (χ3v) is 13.6. The van der Waals surface area contributed by atoms with Gasteiger partial charge in [0.1, 0.15) is 42.3 Å². The van der Waals surface area contributed by atoms with Crippen LogP contribution < -0.4 is 21.3 Å². The van der Waals surface area contributed by atoms with Crippen molar-refractivity contribution in [3.8, 4) is 0 Å². The smallest absolute Gasteiger partial charge is 0.331 e. The number of imide groups is 2. The van der Waals surface area contributed by atoms with Crippen LogP contribution in [0.5, 0.6) is 0 Å². The molecule has 0 aliphatic carbocycles. The molecule has 0 fully saturated rings. The second-order valence-electron chi connectivity index (χ2n) is 23.4. The highest BCUT2D eigenvalue weighted by atomic mass is 16.5. The summed E-state index contributed by atoms with van der Waals surface area (Å²) >= 11 is 0. The topological polar surface area (TPSA) is 260 Å². The number of hydrogen-bond donors (Lipinski definition) is 4. The Morgan fingerprint density at radius 2 is 1.06 bits per heavy atom. The molecule has 0 bridgehead atoms. The molecule has 4 N–H and O–H groups in total. The average Bonchev–Trinajstić information content (AvgIpc) is 3.33. The molecule has 0 aromatic rings. The Balaban J connectivity index is 6.63. The molecule has 0 radical (unpaired) electrons. The summed E-state index contributed by atoms with van der Waals surface area (Å²) < 4.78 is 11.6. The third-order valence-electron chi connectivity index (χ3n) is 13.6. The Kier molecular flexibility index (Phi) is 30.2. The number of ether oxygens (including phenoxy) is 2. The van der Waals surface area contributed by atoms with E-state index in [1.54, 1.807) is 34.6 Å². The average molecular weight is 1100 g/mol. The van der Waals surface area contributed by atoms with Crippen molar-refractivity contribution < 1.29 is 57.4 Å². The Hall–Kier alpha value is -5.42. The molecular weight excluding hydrogens is 995 g/mol. The molecule has 0 aliphatic rings. The zero-order chi connectivity index (χ0) is 60.2. The van der Waals surface area contributed by atoms with E-state index in [2.05, 4.69) is 21.3 Å². The van der Waals surface area contributed by atoms with Gasteiger partial charge in [0, 0.05) is 75.9 Å². The lowest BCUT2D eigenvalue weighted by Crippen LogP contribution is -2.62. The number of carbonyl (C=O) groups excluding carboxylic acids is 10. The van der Waals surface area contributed by atoms with Crippen LogP contribution in [0.1, 0.15) is 129 Å². The predicted molar refractivity (Wildman–Crippen MR) is 296 cm³/mol. The number of methoxy groups -OCH3 is 1. The van der Waals surface area contributed by atoms with E-state index in [0.29, 0.717) is 24.3 Å². The predicted octanol–water partition coefficient (Wildman–Crippen LogP) is 3.00. The summed E-state index contributed by atoms with van der Waals surface area (Å²) in [6, 6.07) is -10.3. The number of carbonyl (C=O) groups is 10. The number of urea groups is 2. The maximum absolute atomic E-state index is 14.5. The zero-order valence-corrected chi connectivity index (χ0v) is 51.2. The van der Waals surface area contributed by atoms with E-state index < -0.39 is 101 Å². The maximum atomic E-state index is 14.5. The molecule has 23 heteroatoms. The van der Waals surface area contributed by atoms with Crippen molar-refractivity contribution in [1.82, 2.24) is 55.6 Å². The van der Waals surface area contributed by atoms with E-state index in [4.69, 9.17) is 9.47 Å². The first-order chi connectivity index (χ1) is 35.3. The first kappa shape index (κ1) is 71.6. The van der Waals surface area contributed by atoms with Crippen LogP contribution in [0.3, 0.4) is 0 Å². The summed E-state index contributed by atoms with van der Waals surface area (Å²) in [5.74, 6) is -4.95. The Morgan fingerprint density at radius 3 is 1.51 bits per heavy atom. The molecule has 0 aliphatic heterocycles. The second kappa shape index (κ2) is 32.5. The Labute approximate surface area is 460 Å². The molecule has 0 spiro atoms. The molecule has 0 aromatic heterocycles. The molecule has 0 saturated carbocycles. The Bertz CT molecular complexity index is 1990. The summed E-state index contributed by atoms with van der Waals surface area (Å²) in [5.41, 5.74) is -2.02. The molecule has 12 amide bonds. The molecular formula is C54H101N11O12. The van der Waals surface area contributed by atoms with Crippen molar-refractivity contribution in [2.45, 2.75) is 176 Å². The number of rotatable bonds is 30. The van der Waals surface area contributed by atoms with E-state index in [1.807, 2.05) is 67.5 Å². The van der Waals surface area contributed by atoms with Crippen LogP contribution in [0.2, 0.25) is 0 Å². The maximum Gasteiger partial charge on any atom is 0.331 e. The van der Waals surface area contributed by atoms with Gasteiger partial charge in [0.2, 0.25) is 41.4 Å². The van der Waals surface area contributed by atoms with Crippen LogP contribution in [0.25, 0.3) is 0 Å². The van der Waals surface area contributed by atoms with Crippen molar-refractivity contribution >= 4 is 59.3 Å². The third kappa shape index (κ3) is 22.5. The van der Waals surface area contributed by atoms with E-state index in [0.717, 1.165) is 13.6 Å². The molecule has 0 heterocycles. The van der Waals surface area contributed by atoms with E-state index >= 15 is 0 Å². The van der Waals surface area contributed by atoms with Crippen LogP contribution in [0.15, 0.2) is 0 Å². The molecule has 0 rings (SSSR count). The monoisotopic (exact) mass is 1100 g/mol. The van der Waals surface area contributed by atoms with Gasteiger partial charge in [0.15, 0.2) is 0 Å². The number of hydrogen-bond acceptors (Lipinski definition) is 13. The van der Waals surface area contributed by atoms with Crippen molar-refractivity contribution in [2.75, 3.05) is 90.3 Å². The summed E-state index contributed by atoms with van der Waals surface area (Å²) in [4.78, 5) is 148. The SMILES string of the molecule is CCCC(=O)N(C)[C@H](COCCCN(C)C)C(=O)N(C)[C@@H](CC(C)(C)OC)C(=O)N[C@@H](C(=O)N(C)C(=O)NC(=O)N[C@H](C)C(=O)N(C)[C@@H](CC(C)C)C(=O)N(C)[C@@H](CC(C)C)C(=O)N(C)[C@H](C(=O)NC)C(C)C)C(C)(C)C. The summed E-state index contributed by atoms with van der Waals surface area (Å²) in [6.07, 6.45) is 1.81. The first-order valence-electron chi connectivity index (χ1n) is 26.9. The highest BCUT2D eigenvalue weighted by Gasteiger charge is 2.44. The summed E-state index contributed by atoms with van der Waals surface area (Å²) in [6.45, 7) is 23.8. The minimum Gasteiger partial charge on any atom is -0.379 e. The molecule has 23 nitrogen and oxygen atoms in total. The molecule has 0 unspecified atom stereocenters. The fourth-order valence-corrected chi connectivity index (χ4v) is 8.63. The van der Waals surface area contributed by atoms with E-state index in [1.165, 1.54) is 80.8 Å². The number of nitrogens with one attached hydrogen (secondary N) is 4. The zero-order valence-electron chi connectivity index (χ0n) is 51.2. The van der Waals surface area contributed by atoms with Gasteiger partial charge in [-0.05, 0) is 90.3 Å².